The number of fused-ring (bicyclic) bond motifs is 4. The van der Waals surface area contributed by atoms with E-state index in [9.17, 15) is 0 Å². The number of para-hydroxylation sites is 2. The number of thioether (sulfide) groups is 1. The number of hydrogen-bond acceptors (Lipinski definition) is 4. The Kier molecular flexibility index (Phi) is 4.09. The lowest BCUT2D eigenvalue weighted by Gasteiger charge is -2.30. The van der Waals surface area contributed by atoms with Crippen LogP contribution in [0.5, 0.6) is 5.75 Å². The maximum Gasteiger partial charge on any atom is 0.119 e. The van der Waals surface area contributed by atoms with Crippen molar-refractivity contribution in [1.82, 2.24) is 4.98 Å². The molecule has 0 spiro atoms. The molecular formula is C25H21N3OS. The summed E-state index contributed by atoms with van der Waals surface area (Å²) in [5.41, 5.74) is 5.93. The van der Waals surface area contributed by atoms with E-state index in [0.29, 0.717) is 5.92 Å². The maximum atomic E-state index is 5.51. The molecule has 3 heterocycles. The van der Waals surface area contributed by atoms with Gasteiger partial charge in [-0.15, -0.1) is 11.8 Å². The summed E-state index contributed by atoms with van der Waals surface area (Å²) in [4.78, 5) is 4.74. The Bertz CT molecular complexity index is 1260. The number of rotatable bonds is 3. The molecule has 0 amide bonds. The van der Waals surface area contributed by atoms with Gasteiger partial charge in [-0.2, -0.15) is 5.10 Å². The first-order chi connectivity index (χ1) is 14.8. The predicted octanol–water partition coefficient (Wildman–Crippen LogP) is 5.86. The van der Waals surface area contributed by atoms with Gasteiger partial charge in [0.1, 0.15) is 5.75 Å². The second kappa shape index (κ2) is 6.96. The number of methoxy groups -OCH3 is 1. The van der Waals surface area contributed by atoms with Crippen molar-refractivity contribution in [2.75, 3.05) is 17.9 Å². The largest absolute Gasteiger partial charge is 0.497 e. The van der Waals surface area contributed by atoms with Gasteiger partial charge in [-0.1, -0.05) is 36.4 Å². The molecule has 1 N–H and O–H groups in total. The summed E-state index contributed by atoms with van der Waals surface area (Å²) < 4.78 is 5.51. The van der Waals surface area contributed by atoms with Gasteiger partial charge in [0, 0.05) is 44.8 Å². The minimum Gasteiger partial charge on any atom is -0.497 e. The maximum absolute atomic E-state index is 5.51. The highest BCUT2D eigenvalue weighted by molar-refractivity contribution is 7.99. The van der Waals surface area contributed by atoms with Crippen LogP contribution in [0.1, 0.15) is 17.2 Å². The second-order valence-corrected chi connectivity index (χ2v) is 8.74. The number of nitrogens with one attached hydrogen (secondary N) is 1. The molecule has 0 fully saturated rings. The zero-order chi connectivity index (χ0) is 20.1. The van der Waals surface area contributed by atoms with Gasteiger partial charge in [0.25, 0.3) is 0 Å². The topological polar surface area (TPSA) is 40.6 Å². The summed E-state index contributed by atoms with van der Waals surface area (Å²) >= 11 is 1.91. The van der Waals surface area contributed by atoms with Crippen LogP contribution in [-0.2, 0) is 0 Å². The summed E-state index contributed by atoms with van der Waals surface area (Å²) in [6.07, 6.45) is 2.16. The average molecular weight is 412 g/mol. The summed E-state index contributed by atoms with van der Waals surface area (Å²) in [5.74, 6) is 2.18. The summed E-state index contributed by atoms with van der Waals surface area (Å²) in [7, 11) is 1.72. The number of aromatic amines is 1. The molecule has 2 aliphatic heterocycles. The van der Waals surface area contributed by atoms with Gasteiger partial charge in [-0.3, -0.25) is 5.01 Å². The van der Waals surface area contributed by atoms with Crippen LogP contribution in [0, 0.1) is 5.92 Å². The number of ether oxygens (including phenoxy) is 1. The Morgan fingerprint density at radius 1 is 1.03 bits per heavy atom. The van der Waals surface area contributed by atoms with Crippen molar-refractivity contribution in [3.05, 3.63) is 90.1 Å². The first kappa shape index (κ1) is 17.7. The van der Waals surface area contributed by atoms with Crippen molar-refractivity contribution in [2.24, 2.45) is 11.0 Å². The molecule has 0 bridgehead atoms. The van der Waals surface area contributed by atoms with Gasteiger partial charge < -0.3 is 9.72 Å². The van der Waals surface area contributed by atoms with Gasteiger partial charge in [-0.25, -0.2) is 0 Å². The first-order valence-electron chi connectivity index (χ1n) is 10.1. The van der Waals surface area contributed by atoms with Crippen LogP contribution in [-0.4, -0.2) is 23.6 Å². The SMILES string of the molecule is COc1ccc2c(c1)C1=NN(c3ccccc3)C(c3c[nH]c4ccccc34)C1CS2. The van der Waals surface area contributed by atoms with Crippen molar-refractivity contribution in [3.8, 4) is 5.75 Å². The molecule has 30 heavy (non-hydrogen) atoms. The third-order valence-electron chi connectivity index (χ3n) is 6.05. The number of aromatic nitrogens is 1. The van der Waals surface area contributed by atoms with Crippen molar-refractivity contribution in [1.29, 1.82) is 0 Å². The fourth-order valence-corrected chi connectivity index (χ4v) is 5.81. The molecule has 2 atom stereocenters. The molecule has 4 aromatic rings. The van der Waals surface area contributed by atoms with Crippen LogP contribution < -0.4 is 9.75 Å². The van der Waals surface area contributed by atoms with Gasteiger partial charge >= 0.3 is 0 Å². The van der Waals surface area contributed by atoms with E-state index in [1.54, 1.807) is 7.11 Å². The Morgan fingerprint density at radius 2 is 1.87 bits per heavy atom. The Morgan fingerprint density at radius 3 is 2.73 bits per heavy atom. The number of benzene rings is 3. The fraction of sp³-hybridized carbons (Fsp3) is 0.160. The van der Waals surface area contributed by atoms with E-state index >= 15 is 0 Å². The number of hydrogen-bond donors (Lipinski definition) is 1. The van der Waals surface area contributed by atoms with Crippen LogP contribution in [0.4, 0.5) is 5.69 Å². The average Bonchev–Trinajstić information content (AvgIpc) is 3.40. The summed E-state index contributed by atoms with van der Waals surface area (Å²) in [6, 6.07) is 25.5. The van der Waals surface area contributed by atoms with Crippen molar-refractivity contribution in [2.45, 2.75) is 10.9 Å². The predicted molar refractivity (Wildman–Crippen MR) is 124 cm³/mol. The zero-order valence-electron chi connectivity index (χ0n) is 16.6. The van der Waals surface area contributed by atoms with Gasteiger partial charge in [0.2, 0.25) is 0 Å². The fourth-order valence-electron chi connectivity index (χ4n) is 4.62. The van der Waals surface area contributed by atoms with Crippen molar-refractivity contribution >= 4 is 34.1 Å². The van der Waals surface area contributed by atoms with E-state index in [1.807, 2.05) is 17.8 Å². The van der Waals surface area contributed by atoms with Gasteiger partial charge in [-0.05, 0) is 36.4 Å². The number of nitrogens with zero attached hydrogens (tertiary/aromatic N) is 2. The van der Waals surface area contributed by atoms with E-state index in [2.05, 4.69) is 82.9 Å². The Hall–Kier alpha value is -3.18. The molecule has 0 saturated heterocycles. The molecule has 1 aromatic heterocycles. The van der Waals surface area contributed by atoms with E-state index in [-0.39, 0.29) is 6.04 Å². The molecule has 2 aliphatic rings. The molecule has 0 saturated carbocycles. The number of hydrazone groups is 1. The quantitative estimate of drug-likeness (QED) is 0.459. The minimum atomic E-state index is 0.144. The molecule has 148 valence electrons. The first-order valence-corrected chi connectivity index (χ1v) is 11.1. The highest BCUT2D eigenvalue weighted by Gasteiger charge is 2.43. The van der Waals surface area contributed by atoms with E-state index < -0.39 is 0 Å². The molecule has 5 heteroatoms. The van der Waals surface area contributed by atoms with Crippen LogP contribution in [0.15, 0.2) is 89.0 Å². The molecular weight excluding hydrogens is 390 g/mol. The van der Waals surface area contributed by atoms with Crippen LogP contribution >= 0.6 is 11.8 Å². The normalized spacial score (nSPS) is 20.0. The highest BCUT2D eigenvalue weighted by Crippen LogP contribution is 2.48. The number of H-pyrrole nitrogens is 1. The van der Waals surface area contributed by atoms with E-state index in [0.717, 1.165) is 22.9 Å². The van der Waals surface area contributed by atoms with Crippen LogP contribution in [0.25, 0.3) is 10.9 Å². The number of anilines is 1. The van der Waals surface area contributed by atoms with E-state index in [4.69, 9.17) is 9.84 Å². The van der Waals surface area contributed by atoms with Gasteiger partial charge in [0.05, 0.1) is 24.6 Å². The van der Waals surface area contributed by atoms with Crippen molar-refractivity contribution < 1.29 is 4.74 Å². The van der Waals surface area contributed by atoms with Crippen LogP contribution in [0.3, 0.4) is 0 Å². The second-order valence-electron chi connectivity index (χ2n) is 7.68. The summed E-state index contributed by atoms with van der Waals surface area (Å²) in [5, 5.41) is 8.69. The van der Waals surface area contributed by atoms with Crippen LogP contribution in [0.2, 0.25) is 0 Å². The summed E-state index contributed by atoms with van der Waals surface area (Å²) in [6.45, 7) is 0. The lowest BCUT2D eigenvalue weighted by atomic mass is 9.87. The monoisotopic (exact) mass is 411 g/mol. The lowest BCUT2D eigenvalue weighted by Crippen LogP contribution is -2.29. The molecule has 2 unspecified atom stereocenters. The third kappa shape index (κ3) is 2.66. The highest BCUT2D eigenvalue weighted by atomic mass is 32.2. The molecule has 0 aliphatic carbocycles. The zero-order valence-corrected chi connectivity index (χ0v) is 17.4. The van der Waals surface area contributed by atoms with E-state index in [1.165, 1.54) is 26.9 Å². The lowest BCUT2D eigenvalue weighted by molar-refractivity contribution is 0.414. The smallest absolute Gasteiger partial charge is 0.119 e. The van der Waals surface area contributed by atoms with Crippen molar-refractivity contribution in [3.63, 3.8) is 0 Å². The minimum absolute atomic E-state index is 0.144. The standard InChI is InChI=1S/C25H21N3OS/c1-29-17-11-12-23-19(13-17)24-21(15-30-23)25(28(27-24)16-7-3-2-4-8-16)20-14-26-22-10-6-5-9-18(20)22/h2-14,21,25-26H,15H2,1H3. The van der Waals surface area contributed by atoms with Gasteiger partial charge in [0.15, 0.2) is 0 Å². The third-order valence-corrected chi connectivity index (χ3v) is 7.25. The Labute approximate surface area is 179 Å². The molecule has 4 nitrogen and oxygen atoms in total. The molecule has 6 rings (SSSR count). The Balaban J connectivity index is 1.54. The molecule has 3 aromatic carbocycles. The molecule has 0 radical (unpaired) electrons.